The summed E-state index contributed by atoms with van der Waals surface area (Å²) in [5.74, 6) is -0.727. The van der Waals surface area contributed by atoms with Crippen LogP contribution in [0.15, 0.2) is 12.2 Å². The summed E-state index contributed by atoms with van der Waals surface area (Å²) in [5, 5.41) is 8.79. The molecule has 0 aliphatic carbocycles. The molecule has 0 rings (SSSR count). The zero-order valence-corrected chi connectivity index (χ0v) is 34.0. The topological polar surface area (TPSA) is 63.6 Å². The standard InChI is InChI=1S/C46H88O4/c1-3-5-7-9-11-13-14-15-16-17-18-19-20-21-22-23-24-25-26-27-29-35-39-43-46(49)50-44(40-36-32-28-12-10-8-6-4-2)41-37-33-30-31-34-38-42-45(47)48/h36,40,44H,3-35,37-39,41-43H2,1-2H3,(H,47,48)/b40-36-. The molecule has 0 aromatic heterocycles. The van der Waals surface area contributed by atoms with Crippen LogP contribution in [-0.2, 0) is 14.3 Å². The number of carboxylic acid groups (broad SMARTS) is 1. The third-order valence-electron chi connectivity index (χ3n) is 10.5. The summed E-state index contributed by atoms with van der Waals surface area (Å²) in [5.41, 5.74) is 0. The number of carboxylic acids is 1. The molecule has 4 heteroatoms. The fourth-order valence-electron chi connectivity index (χ4n) is 7.10. The molecule has 0 amide bonds. The molecule has 0 heterocycles. The van der Waals surface area contributed by atoms with Crippen LogP contribution in [0.3, 0.4) is 0 Å². The lowest BCUT2D eigenvalue weighted by Crippen LogP contribution is -2.16. The molecule has 0 fully saturated rings. The highest BCUT2D eigenvalue weighted by Gasteiger charge is 2.11. The third kappa shape index (κ3) is 41.1. The van der Waals surface area contributed by atoms with Crippen molar-refractivity contribution in [1.82, 2.24) is 0 Å². The molecule has 1 atom stereocenters. The van der Waals surface area contributed by atoms with Gasteiger partial charge in [0.2, 0.25) is 0 Å². The van der Waals surface area contributed by atoms with Crippen molar-refractivity contribution in [3.8, 4) is 0 Å². The number of esters is 1. The second kappa shape index (κ2) is 42.1. The molecule has 4 nitrogen and oxygen atoms in total. The van der Waals surface area contributed by atoms with Crippen LogP contribution in [0, 0.1) is 0 Å². The molecule has 0 bridgehead atoms. The van der Waals surface area contributed by atoms with Gasteiger partial charge in [0, 0.05) is 12.8 Å². The largest absolute Gasteiger partial charge is 0.481 e. The van der Waals surface area contributed by atoms with Gasteiger partial charge in [-0.2, -0.15) is 0 Å². The Bertz CT molecular complexity index is 717. The molecule has 1 unspecified atom stereocenters. The Labute approximate surface area is 313 Å². The van der Waals surface area contributed by atoms with E-state index in [1.165, 1.54) is 173 Å². The van der Waals surface area contributed by atoms with Gasteiger partial charge in [-0.05, 0) is 44.6 Å². The molecule has 0 aliphatic rings. The molecular formula is C46H88O4. The predicted octanol–water partition coefficient (Wildman–Crippen LogP) is 15.8. The van der Waals surface area contributed by atoms with Crippen LogP contribution in [0.1, 0.15) is 264 Å². The first-order valence-corrected chi connectivity index (χ1v) is 22.7. The van der Waals surface area contributed by atoms with Crippen molar-refractivity contribution >= 4 is 11.9 Å². The number of hydrogen-bond donors (Lipinski definition) is 1. The van der Waals surface area contributed by atoms with Crippen LogP contribution >= 0.6 is 0 Å². The van der Waals surface area contributed by atoms with Gasteiger partial charge in [-0.15, -0.1) is 0 Å². The van der Waals surface area contributed by atoms with Crippen LogP contribution in [0.4, 0.5) is 0 Å². The first-order chi connectivity index (χ1) is 24.6. The Morgan fingerprint density at radius 3 is 1.14 bits per heavy atom. The maximum atomic E-state index is 12.7. The van der Waals surface area contributed by atoms with Crippen LogP contribution in [-0.4, -0.2) is 23.1 Å². The van der Waals surface area contributed by atoms with E-state index in [1.54, 1.807) is 0 Å². The summed E-state index contributed by atoms with van der Waals surface area (Å²) in [6.07, 6.45) is 52.8. The highest BCUT2D eigenvalue weighted by atomic mass is 16.5. The van der Waals surface area contributed by atoms with Crippen molar-refractivity contribution in [2.75, 3.05) is 0 Å². The summed E-state index contributed by atoms with van der Waals surface area (Å²) in [4.78, 5) is 23.3. The minimum absolute atomic E-state index is 0.0311. The van der Waals surface area contributed by atoms with Crippen molar-refractivity contribution < 1.29 is 19.4 Å². The van der Waals surface area contributed by atoms with E-state index in [2.05, 4.69) is 26.0 Å². The number of allylic oxidation sites excluding steroid dienone is 1. The van der Waals surface area contributed by atoms with E-state index in [9.17, 15) is 9.59 Å². The number of rotatable bonds is 42. The van der Waals surface area contributed by atoms with Crippen molar-refractivity contribution in [3.63, 3.8) is 0 Å². The molecule has 0 aromatic carbocycles. The molecule has 0 spiro atoms. The monoisotopic (exact) mass is 705 g/mol. The lowest BCUT2D eigenvalue weighted by Gasteiger charge is -2.15. The smallest absolute Gasteiger partial charge is 0.306 e. The van der Waals surface area contributed by atoms with Gasteiger partial charge < -0.3 is 9.84 Å². The van der Waals surface area contributed by atoms with Crippen LogP contribution < -0.4 is 0 Å². The first kappa shape index (κ1) is 48.7. The van der Waals surface area contributed by atoms with E-state index in [4.69, 9.17) is 9.84 Å². The number of hydrogen-bond acceptors (Lipinski definition) is 3. The maximum absolute atomic E-state index is 12.7. The Morgan fingerprint density at radius 2 is 0.760 bits per heavy atom. The summed E-state index contributed by atoms with van der Waals surface area (Å²) in [6, 6.07) is 0. The number of aliphatic carboxylic acids is 1. The highest BCUT2D eigenvalue weighted by Crippen LogP contribution is 2.17. The number of ether oxygens (including phenoxy) is 1. The summed E-state index contributed by atoms with van der Waals surface area (Å²) in [6.45, 7) is 4.55. The predicted molar refractivity (Wildman–Crippen MR) is 218 cm³/mol. The van der Waals surface area contributed by atoms with Crippen molar-refractivity contribution in [2.24, 2.45) is 0 Å². The quantitative estimate of drug-likeness (QED) is 0.0390. The van der Waals surface area contributed by atoms with Gasteiger partial charge in [-0.1, -0.05) is 219 Å². The van der Waals surface area contributed by atoms with E-state index in [-0.39, 0.29) is 18.5 Å². The van der Waals surface area contributed by atoms with Crippen molar-refractivity contribution in [3.05, 3.63) is 12.2 Å². The molecule has 0 saturated heterocycles. The lowest BCUT2D eigenvalue weighted by molar-refractivity contribution is -0.147. The third-order valence-corrected chi connectivity index (χ3v) is 10.5. The molecular weight excluding hydrogens is 617 g/mol. The molecule has 1 N–H and O–H groups in total. The maximum Gasteiger partial charge on any atom is 0.306 e. The van der Waals surface area contributed by atoms with Crippen LogP contribution in [0.25, 0.3) is 0 Å². The number of carbonyl (C=O) groups is 2. The molecule has 0 aliphatic heterocycles. The van der Waals surface area contributed by atoms with E-state index in [0.29, 0.717) is 6.42 Å². The SMILES string of the molecule is CCCCCCCC/C=C\C(CCCCCCCCC(=O)O)OC(=O)CCCCCCCCCCCCCCCCCCCCCCCCC. The Kier molecular flexibility index (Phi) is 41.0. The van der Waals surface area contributed by atoms with Gasteiger partial charge in [-0.3, -0.25) is 9.59 Å². The number of carbonyl (C=O) groups excluding carboxylic acids is 1. The van der Waals surface area contributed by atoms with Crippen LogP contribution in [0.5, 0.6) is 0 Å². The van der Waals surface area contributed by atoms with Crippen molar-refractivity contribution in [1.29, 1.82) is 0 Å². The summed E-state index contributed by atoms with van der Waals surface area (Å²) >= 11 is 0. The Balaban J connectivity index is 3.79. The minimum Gasteiger partial charge on any atom is -0.481 e. The van der Waals surface area contributed by atoms with Gasteiger partial charge >= 0.3 is 11.9 Å². The first-order valence-electron chi connectivity index (χ1n) is 22.7. The summed E-state index contributed by atoms with van der Waals surface area (Å²) < 4.78 is 5.94. The normalized spacial score (nSPS) is 12.2. The van der Waals surface area contributed by atoms with Gasteiger partial charge in [-0.25, -0.2) is 0 Å². The lowest BCUT2D eigenvalue weighted by atomic mass is 10.0. The molecule has 50 heavy (non-hydrogen) atoms. The van der Waals surface area contributed by atoms with E-state index >= 15 is 0 Å². The fourth-order valence-corrected chi connectivity index (χ4v) is 7.10. The molecule has 0 radical (unpaired) electrons. The minimum atomic E-state index is -0.696. The molecule has 0 saturated carbocycles. The van der Waals surface area contributed by atoms with Crippen molar-refractivity contribution in [2.45, 2.75) is 270 Å². The van der Waals surface area contributed by atoms with E-state index in [0.717, 1.165) is 64.2 Å². The Hall–Kier alpha value is -1.32. The van der Waals surface area contributed by atoms with Gasteiger partial charge in [0.1, 0.15) is 6.10 Å². The zero-order chi connectivity index (χ0) is 36.4. The molecule has 296 valence electrons. The second-order valence-corrected chi connectivity index (χ2v) is 15.6. The van der Waals surface area contributed by atoms with E-state index in [1.807, 2.05) is 0 Å². The average molecular weight is 705 g/mol. The fraction of sp³-hybridized carbons (Fsp3) is 0.913. The number of unbranched alkanes of at least 4 members (excludes halogenated alkanes) is 33. The van der Waals surface area contributed by atoms with E-state index < -0.39 is 5.97 Å². The zero-order valence-electron chi connectivity index (χ0n) is 34.0. The highest BCUT2D eigenvalue weighted by molar-refractivity contribution is 5.69. The molecule has 0 aromatic rings. The van der Waals surface area contributed by atoms with Gasteiger partial charge in [0.15, 0.2) is 0 Å². The van der Waals surface area contributed by atoms with Gasteiger partial charge in [0.05, 0.1) is 0 Å². The summed E-state index contributed by atoms with van der Waals surface area (Å²) in [7, 11) is 0. The van der Waals surface area contributed by atoms with Crippen LogP contribution in [0.2, 0.25) is 0 Å². The second-order valence-electron chi connectivity index (χ2n) is 15.6. The average Bonchev–Trinajstić information content (AvgIpc) is 3.10. The van der Waals surface area contributed by atoms with Gasteiger partial charge in [0.25, 0.3) is 0 Å². The Morgan fingerprint density at radius 1 is 0.440 bits per heavy atom.